The fraction of sp³-hybridized carbons (Fsp3) is 0.231. The first-order chi connectivity index (χ1) is 9.94. The van der Waals surface area contributed by atoms with Crippen molar-refractivity contribution in [2.24, 2.45) is 0 Å². The van der Waals surface area contributed by atoms with Crippen LogP contribution in [0.4, 0.5) is 0 Å². The van der Waals surface area contributed by atoms with Crippen LogP contribution in [-0.4, -0.2) is 24.5 Å². The van der Waals surface area contributed by atoms with E-state index in [1.165, 1.54) is 24.5 Å². The van der Waals surface area contributed by atoms with Crippen LogP contribution in [0, 0.1) is 0 Å². The van der Waals surface area contributed by atoms with Gasteiger partial charge in [-0.05, 0) is 24.6 Å². The Bertz CT molecular complexity index is 738. The summed E-state index contributed by atoms with van der Waals surface area (Å²) < 4.78 is 30.9. The summed E-state index contributed by atoms with van der Waals surface area (Å²) >= 11 is 0. The van der Waals surface area contributed by atoms with Crippen molar-refractivity contribution in [1.82, 2.24) is 9.71 Å². The van der Waals surface area contributed by atoms with Crippen LogP contribution in [0.1, 0.15) is 28.7 Å². The van der Waals surface area contributed by atoms with Crippen molar-refractivity contribution < 1.29 is 22.7 Å². The number of aromatic carboxylic acids is 1. The number of pyridine rings is 1. The van der Waals surface area contributed by atoms with E-state index in [0.29, 0.717) is 17.8 Å². The van der Waals surface area contributed by atoms with Crippen LogP contribution in [0.2, 0.25) is 0 Å². The van der Waals surface area contributed by atoms with Gasteiger partial charge < -0.3 is 9.52 Å². The topological polar surface area (TPSA) is 110 Å². The highest BCUT2D eigenvalue weighted by atomic mass is 32.2. The largest absolute Gasteiger partial charge is 0.478 e. The number of sulfonamides is 1. The average Bonchev–Trinajstić information content (AvgIpc) is 2.99. The molecule has 7 nitrogen and oxygen atoms in total. The third-order valence-electron chi connectivity index (χ3n) is 2.85. The zero-order chi connectivity index (χ0) is 15.5. The third kappa shape index (κ3) is 3.47. The Morgan fingerprint density at radius 1 is 1.38 bits per heavy atom. The van der Waals surface area contributed by atoms with Crippen molar-refractivity contribution in [3.8, 4) is 0 Å². The number of carbonyl (C=O) groups is 1. The molecule has 0 aliphatic rings. The van der Waals surface area contributed by atoms with Gasteiger partial charge in [0, 0.05) is 0 Å². The van der Waals surface area contributed by atoms with Crippen molar-refractivity contribution in [3.63, 3.8) is 0 Å². The first-order valence-corrected chi connectivity index (χ1v) is 7.66. The molecule has 112 valence electrons. The molecular formula is C13H14N2O5S. The molecule has 0 aliphatic carbocycles. The third-order valence-corrected chi connectivity index (χ3v) is 4.22. The molecule has 2 aromatic heterocycles. The zero-order valence-corrected chi connectivity index (χ0v) is 12.1. The maximum absolute atomic E-state index is 11.9. The second-order valence-corrected chi connectivity index (χ2v) is 6.01. The van der Waals surface area contributed by atoms with Crippen LogP contribution >= 0.6 is 0 Å². The van der Waals surface area contributed by atoms with Crippen LogP contribution < -0.4 is 4.72 Å². The number of carboxylic acid groups (broad SMARTS) is 1. The Balaban J connectivity index is 2.16. The lowest BCUT2D eigenvalue weighted by Crippen LogP contribution is -2.23. The van der Waals surface area contributed by atoms with Crippen LogP contribution in [-0.2, 0) is 23.0 Å². The van der Waals surface area contributed by atoms with Gasteiger partial charge in [-0.1, -0.05) is 6.92 Å². The van der Waals surface area contributed by atoms with E-state index < -0.39 is 16.0 Å². The molecule has 21 heavy (non-hydrogen) atoms. The fourth-order valence-electron chi connectivity index (χ4n) is 1.77. The number of rotatable bonds is 6. The van der Waals surface area contributed by atoms with Crippen LogP contribution in [0.15, 0.2) is 40.0 Å². The van der Waals surface area contributed by atoms with E-state index in [4.69, 9.17) is 9.52 Å². The highest BCUT2D eigenvalue weighted by Crippen LogP contribution is 2.11. The van der Waals surface area contributed by atoms with Gasteiger partial charge in [-0.15, -0.1) is 0 Å². The van der Waals surface area contributed by atoms with E-state index in [0.717, 1.165) is 6.26 Å². The first-order valence-electron chi connectivity index (χ1n) is 6.18. The monoisotopic (exact) mass is 310 g/mol. The van der Waals surface area contributed by atoms with Gasteiger partial charge in [0.25, 0.3) is 0 Å². The molecule has 2 heterocycles. The molecule has 2 rings (SSSR count). The minimum atomic E-state index is -3.66. The molecule has 2 N–H and O–H groups in total. The van der Waals surface area contributed by atoms with Crippen molar-refractivity contribution in [1.29, 1.82) is 0 Å². The standard InChI is InChI=1S/C13H14N2O5S/c1-2-12-11(13(16)17)4-3-9(15-12)7-14-21(18,19)10-5-6-20-8-10/h3-6,8,14H,2,7H2,1H3,(H,16,17). The van der Waals surface area contributed by atoms with E-state index in [1.807, 2.05) is 0 Å². The molecule has 0 spiro atoms. The molecule has 0 aliphatic heterocycles. The predicted molar refractivity (Wildman–Crippen MR) is 73.3 cm³/mol. The summed E-state index contributed by atoms with van der Waals surface area (Å²) in [6, 6.07) is 4.25. The molecule has 0 saturated carbocycles. The van der Waals surface area contributed by atoms with E-state index in [9.17, 15) is 13.2 Å². The minimum absolute atomic E-state index is 0.0274. The SMILES string of the molecule is CCc1nc(CNS(=O)(=O)c2ccoc2)ccc1C(=O)O. The second-order valence-electron chi connectivity index (χ2n) is 4.24. The maximum Gasteiger partial charge on any atom is 0.337 e. The van der Waals surface area contributed by atoms with Crippen molar-refractivity contribution in [2.45, 2.75) is 24.8 Å². The van der Waals surface area contributed by atoms with Crippen molar-refractivity contribution in [2.75, 3.05) is 0 Å². The number of nitrogens with one attached hydrogen (secondary N) is 1. The molecule has 0 aromatic carbocycles. The van der Waals surface area contributed by atoms with Gasteiger partial charge in [-0.3, -0.25) is 4.98 Å². The molecule has 0 fully saturated rings. The number of aromatic nitrogens is 1. The number of furan rings is 1. The van der Waals surface area contributed by atoms with Gasteiger partial charge in [0.05, 0.1) is 29.8 Å². The lowest BCUT2D eigenvalue weighted by molar-refractivity contribution is 0.0695. The summed E-state index contributed by atoms with van der Waals surface area (Å²) in [5, 5.41) is 9.01. The van der Waals surface area contributed by atoms with Gasteiger partial charge in [-0.25, -0.2) is 17.9 Å². The molecule has 0 atom stereocenters. The quantitative estimate of drug-likeness (QED) is 0.835. The zero-order valence-electron chi connectivity index (χ0n) is 11.2. The molecule has 0 saturated heterocycles. The highest BCUT2D eigenvalue weighted by Gasteiger charge is 2.16. The summed E-state index contributed by atoms with van der Waals surface area (Å²) in [5.74, 6) is -1.05. The molecule has 0 unspecified atom stereocenters. The second kappa shape index (κ2) is 6.06. The Morgan fingerprint density at radius 3 is 2.71 bits per heavy atom. The fourth-order valence-corrected chi connectivity index (χ4v) is 2.69. The van der Waals surface area contributed by atoms with Crippen LogP contribution in [0.3, 0.4) is 0 Å². The van der Waals surface area contributed by atoms with E-state index in [2.05, 4.69) is 9.71 Å². The first kappa shape index (κ1) is 15.2. The Hall–Kier alpha value is -2.19. The number of hydrogen-bond donors (Lipinski definition) is 2. The lowest BCUT2D eigenvalue weighted by atomic mass is 10.1. The van der Waals surface area contributed by atoms with E-state index >= 15 is 0 Å². The summed E-state index contributed by atoms with van der Waals surface area (Å²) in [5.41, 5.74) is 0.991. The van der Waals surface area contributed by atoms with E-state index in [-0.39, 0.29) is 17.0 Å². The van der Waals surface area contributed by atoms with Crippen molar-refractivity contribution >= 4 is 16.0 Å². The van der Waals surface area contributed by atoms with Gasteiger partial charge in [-0.2, -0.15) is 0 Å². The summed E-state index contributed by atoms with van der Waals surface area (Å²) in [7, 11) is -3.66. The van der Waals surface area contributed by atoms with Crippen molar-refractivity contribution in [3.05, 3.63) is 47.7 Å². The minimum Gasteiger partial charge on any atom is -0.478 e. The summed E-state index contributed by atoms with van der Waals surface area (Å²) in [6.07, 6.45) is 2.84. The number of nitrogens with zero attached hydrogens (tertiary/aromatic N) is 1. The molecule has 0 amide bonds. The molecule has 0 radical (unpaired) electrons. The van der Waals surface area contributed by atoms with Gasteiger partial charge >= 0.3 is 5.97 Å². The lowest BCUT2D eigenvalue weighted by Gasteiger charge is -2.07. The molecule has 2 aromatic rings. The molecule has 0 bridgehead atoms. The molecular weight excluding hydrogens is 296 g/mol. The Labute approximate surface area is 121 Å². The smallest absolute Gasteiger partial charge is 0.337 e. The maximum atomic E-state index is 11.9. The van der Waals surface area contributed by atoms with E-state index in [1.54, 1.807) is 6.92 Å². The predicted octanol–water partition coefficient (Wildman–Crippen LogP) is 1.41. The van der Waals surface area contributed by atoms with Crippen LogP contribution in [0.25, 0.3) is 0 Å². The Kier molecular flexibility index (Phi) is 4.39. The highest BCUT2D eigenvalue weighted by molar-refractivity contribution is 7.89. The average molecular weight is 310 g/mol. The Morgan fingerprint density at radius 2 is 2.14 bits per heavy atom. The number of carboxylic acids is 1. The van der Waals surface area contributed by atoms with Gasteiger partial charge in [0.2, 0.25) is 10.0 Å². The van der Waals surface area contributed by atoms with Gasteiger partial charge in [0.15, 0.2) is 0 Å². The summed E-state index contributed by atoms with van der Waals surface area (Å²) in [6.45, 7) is 1.76. The number of hydrogen-bond acceptors (Lipinski definition) is 5. The van der Waals surface area contributed by atoms with Gasteiger partial charge in [0.1, 0.15) is 11.2 Å². The number of aryl methyl sites for hydroxylation is 1. The summed E-state index contributed by atoms with van der Waals surface area (Å²) in [4.78, 5) is 15.2. The molecule has 8 heteroatoms. The normalized spacial score (nSPS) is 11.5. The van der Waals surface area contributed by atoms with Crippen LogP contribution in [0.5, 0.6) is 0 Å².